The smallest absolute Gasteiger partial charge is 0.228 e. The molecule has 0 saturated carbocycles. The highest BCUT2D eigenvalue weighted by Gasteiger charge is 2.32. The maximum absolute atomic E-state index is 15.0. The number of hydrogen-bond donors (Lipinski definition) is 1. The Labute approximate surface area is 224 Å². The van der Waals surface area contributed by atoms with Gasteiger partial charge in [-0.1, -0.05) is 6.92 Å². The van der Waals surface area contributed by atoms with Crippen LogP contribution in [-0.2, 0) is 18.5 Å². The van der Waals surface area contributed by atoms with Crippen LogP contribution in [0.15, 0.2) is 36.8 Å². The Kier molecular flexibility index (Phi) is 6.62. The molecule has 198 valence electrons. The van der Waals surface area contributed by atoms with Crippen LogP contribution in [0.4, 0.5) is 16.2 Å². The minimum Gasteiger partial charge on any atom is -0.322 e. The highest BCUT2D eigenvalue weighted by atomic mass is 31.0. The van der Waals surface area contributed by atoms with E-state index in [2.05, 4.69) is 64.6 Å². The van der Waals surface area contributed by atoms with Crippen LogP contribution in [0.25, 0.3) is 22.2 Å². The predicted octanol–water partition coefficient (Wildman–Crippen LogP) is 4.09. The summed E-state index contributed by atoms with van der Waals surface area (Å²) in [5.41, 5.74) is 4.31. The molecule has 0 spiro atoms. The average molecular weight is 533 g/mol. The van der Waals surface area contributed by atoms with Gasteiger partial charge in [-0.2, -0.15) is 0 Å². The van der Waals surface area contributed by atoms with Crippen LogP contribution in [0.1, 0.15) is 38.6 Å². The first kappa shape index (κ1) is 25.3. The van der Waals surface area contributed by atoms with E-state index in [-0.39, 0.29) is 11.4 Å². The van der Waals surface area contributed by atoms with Gasteiger partial charge < -0.3 is 14.8 Å². The Morgan fingerprint density at radius 1 is 1.00 bits per heavy atom. The first-order valence-electron chi connectivity index (χ1n) is 13.3. The van der Waals surface area contributed by atoms with Gasteiger partial charge >= 0.3 is 0 Å². The topological polar surface area (TPSA) is 75.0 Å². The van der Waals surface area contributed by atoms with E-state index in [1.165, 1.54) is 6.20 Å². The molecule has 1 saturated heterocycles. The second-order valence-electron chi connectivity index (χ2n) is 10.9. The van der Waals surface area contributed by atoms with E-state index in [0.717, 1.165) is 85.4 Å². The quantitative estimate of drug-likeness (QED) is 0.375. The number of pyridine rings is 1. The number of anilines is 2. The van der Waals surface area contributed by atoms with Crippen molar-refractivity contribution in [2.45, 2.75) is 45.7 Å². The summed E-state index contributed by atoms with van der Waals surface area (Å²) in [7, 11) is 2.77. The average Bonchev–Trinajstić information content (AvgIpc) is 3.44. The zero-order chi connectivity index (χ0) is 26.4. The largest absolute Gasteiger partial charge is 0.322 e. The summed E-state index contributed by atoms with van der Waals surface area (Å²) < 4.78 is 17.3. The summed E-state index contributed by atoms with van der Waals surface area (Å²) >= 11 is 0. The molecule has 3 aromatic heterocycles. The molecule has 2 aliphatic heterocycles. The molecule has 6 rings (SSSR count). The number of likely N-dealkylation sites (N-methyl/N-ethyl adjacent to an activating group) is 1. The highest BCUT2D eigenvalue weighted by Crippen LogP contribution is 2.37. The molecule has 4 aromatic rings. The fraction of sp³-hybridized carbons (Fsp3) is 0.429. The molecule has 1 atom stereocenters. The van der Waals surface area contributed by atoms with Crippen molar-refractivity contribution in [1.82, 2.24) is 34.3 Å². The fourth-order valence-corrected chi connectivity index (χ4v) is 6.04. The molecule has 0 amide bonds. The molecule has 8 nitrogen and oxygen atoms in total. The predicted molar refractivity (Wildman–Crippen MR) is 153 cm³/mol. The summed E-state index contributed by atoms with van der Waals surface area (Å²) in [6, 6.07) is 5.73. The standard InChI is InChI=1S/C28H34FN8P/c1-4-35-7-9-36(10-8-35)17-18-14-31-27(32-15-18)33-24-13-20(21(29)16-30-24)19-11-22-26(23(38)12-19)34-25-5-6-28(2,3)37(22)25/h11-16H,4-10,17,38H2,1-3H3,(H,30,31,32,33). The van der Waals surface area contributed by atoms with E-state index in [4.69, 9.17) is 4.98 Å². The number of piperazine rings is 1. The summed E-state index contributed by atoms with van der Waals surface area (Å²) in [6.07, 6.45) is 6.95. The lowest BCUT2D eigenvalue weighted by Crippen LogP contribution is -2.45. The van der Waals surface area contributed by atoms with Crippen molar-refractivity contribution < 1.29 is 4.39 Å². The van der Waals surface area contributed by atoms with Crippen molar-refractivity contribution in [2.75, 3.05) is 38.0 Å². The number of halogens is 1. The van der Waals surface area contributed by atoms with Crippen LogP contribution in [-0.4, -0.2) is 67.0 Å². The minimum atomic E-state index is -0.376. The number of nitrogens with zero attached hydrogens (tertiary/aromatic N) is 7. The van der Waals surface area contributed by atoms with E-state index in [1.54, 1.807) is 6.07 Å². The molecule has 0 bridgehead atoms. The van der Waals surface area contributed by atoms with E-state index in [9.17, 15) is 0 Å². The second kappa shape index (κ2) is 9.95. The number of aryl methyl sites for hydroxylation is 1. The van der Waals surface area contributed by atoms with Crippen LogP contribution in [0.3, 0.4) is 0 Å². The maximum atomic E-state index is 15.0. The molecular formula is C28H34FN8P. The summed E-state index contributed by atoms with van der Waals surface area (Å²) in [5, 5.41) is 4.10. The van der Waals surface area contributed by atoms with Gasteiger partial charge in [-0.05, 0) is 55.9 Å². The van der Waals surface area contributed by atoms with E-state index in [1.807, 2.05) is 24.5 Å². The Morgan fingerprint density at radius 3 is 2.47 bits per heavy atom. The number of imidazole rings is 1. The summed E-state index contributed by atoms with van der Waals surface area (Å²) in [4.78, 5) is 23.0. The lowest BCUT2D eigenvalue weighted by Gasteiger charge is -2.33. The molecule has 2 aliphatic rings. The first-order valence-corrected chi connectivity index (χ1v) is 13.9. The van der Waals surface area contributed by atoms with Crippen molar-refractivity contribution >= 4 is 37.3 Å². The van der Waals surface area contributed by atoms with Gasteiger partial charge in [0, 0.05) is 68.2 Å². The van der Waals surface area contributed by atoms with Crippen molar-refractivity contribution in [3.05, 3.63) is 54.0 Å². The van der Waals surface area contributed by atoms with Crippen LogP contribution in [0, 0.1) is 5.82 Å². The van der Waals surface area contributed by atoms with E-state index < -0.39 is 0 Å². The van der Waals surface area contributed by atoms with Gasteiger partial charge in [-0.3, -0.25) is 4.90 Å². The second-order valence-corrected chi connectivity index (χ2v) is 11.5. The Hall–Kier alpha value is -3.00. The number of benzene rings is 1. The molecule has 10 heteroatoms. The van der Waals surface area contributed by atoms with Crippen molar-refractivity contribution in [2.24, 2.45) is 0 Å². The Balaban J connectivity index is 1.22. The molecule has 1 N–H and O–H groups in total. The normalized spacial score (nSPS) is 17.7. The van der Waals surface area contributed by atoms with Crippen LogP contribution < -0.4 is 10.6 Å². The maximum Gasteiger partial charge on any atom is 0.228 e. The lowest BCUT2D eigenvalue weighted by molar-refractivity contribution is 0.132. The van der Waals surface area contributed by atoms with Gasteiger partial charge in [-0.15, -0.1) is 9.24 Å². The minimum absolute atomic E-state index is 0.0172. The third-order valence-electron chi connectivity index (χ3n) is 7.85. The number of hydrogen-bond acceptors (Lipinski definition) is 7. The van der Waals surface area contributed by atoms with Gasteiger partial charge in [0.15, 0.2) is 0 Å². The SMILES string of the molecule is CCN1CCN(Cc2cnc(Nc3cc(-c4cc(P)c5nc6n(c5c4)C(C)(C)CC6)c(F)cn3)nc2)CC1. The first-order chi connectivity index (χ1) is 18.3. The molecule has 0 aliphatic carbocycles. The fourth-order valence-electron chi connectivity index (χ4n) is 5.65. The Bertz CT molecular complexity index is 1470. The molecule has 1 aromatic carbocycles. The number of aromatic nitrogens is 5. The van der Waals surface area contributed by atoms with Crippen molar-refractivity contribution in [1.29, 1.82) is 0 Å². The van der Waals surface area contributed by atoms with Gasteiger partial charge in [0.1, 0.15) is 17.5 Å². The number of rotatable bonds is 6. The molecule has 1 fully saturated rings. The molecule has 38 heavy (non-hydrogen) atoms. The summed E-state index contributed by atoms with van der Waals surface area (Å²) in [5.74, 6) is 1.65. The lowest BCUT2D eigenvalue weighted by atomic mass is 10.0. The number of fused-ring (bicyclic) bond motifs is 3. The third kappa shape index (κ3) is 4.79. The van der Waals surface area contributed by atoms with Gasteiger partial charge in [0.25, 0.3) is 0 Å². The van der Waals surface area contributed by atoms with Gasteiger partial charge in [0.05, 0.1) is 17.2 Å². The molecule has 0 radical (unpaired) electrons. The highest BCUT2D eigenvalue weighted by molar-refractivity contribution is 7.28. The third-order valence-corrected chi connectivity index (χ3v) is 8.29. The van der Waals surface area contributed by atoms with Crippen LogP contribution in [0.2, 0.25) is 0 Å². The van der Waals surface area contributed by atoms with Crippen molar-refractivity contribution in [3.8, 4) is 11.1 Å². The van der Waals surface area contributed by atoms with Crippen LogP contribution in [0.5, 0.6) is 0 Å². The molecule has 1 unspecified atom stereocenters. The Morgan fingerprint density at radius 2 is 1.74 bits per heavy atom. The molecule has 5 heterocycles. The van der Waals surface area contributed by atoms with Gasteiger partial charge in [0.2, 0.25) is 5.95 Å². The van der Waals surface area contributed by atoms with Crippen molar-refractivity contribution in [3.63, 3.8) is 0 Å². The zero-order valence-corrected chi connectivity index (χ0v) is 23.4. The monoisotopic (exact) mass is 532 g/mol. The van der Waals surface area contributed by atoms with E-state index in [0.29, 0.717) is 17.3 Å². The zero-order valence-electron chi connectivity index (χ0n) is 22.2. The van der Waals surface area contributed by atoms with Crippen LogP contribution >= 0.6 is 9.24 Å². The molecular weight excluding hydrogens is 498 g/mol. The van der Waals surface area contributed by atoms with E-state index >= 15 is 4.39 Å². The number of nitrogens with one attached hydrogen (secondary N) is 1. The summed E-state index contributed by atoms with van der Waals surface area (Å²) in [6.45, 7) is 12.9. The van der Waals surface area contributed by atoms with Gasteiger partial charge in [-0.25, -0.2) is 24.3 Å².